The van der Waals surface area contributed by atoms with Gasteiger partial charge in [0.2, 0.25) is 0 Å². The number of nitrogens with zero attached hydrogens (tertiary/aromatic N) is 9. The van der Waals surface area contributed by atoms with Crippen LogP contribution < -0.4 is 5.56 Å². The lowest BCUT2D eigenvalue weighted by molar-refractivity contribution is 0.828. The Labute approximate surface area is 309 Å². The van der Waals surface area contributed by atoms with Gasteiger partial charge in [-0.3, -0.25) is 14.8 Å². The molecule has 0 amide bonds. The van der Waals surface area contributed by atoms with Gasteiger partial charge in [0.05, 0.1) is 28.4 Å². The van der Waals surface area contributed by atoms with Gasteiger partial charge in [-0.25, -0.2) is 34.9 Å². The Balaban J connectivity index is 0.000000136. The van der Waals surface area contributed by atoms with Crippen LogP contribution in [0.5, 0.6) is 0 Å². The first-order valence-corrected chi connectivity index (χ1v) is 17.8. The number of aromatic nitrogens is 10. The summed E-state index contributed by atoms with van der Waals surface area (Å²) >= 11 is 0. The molecule has 0 saturated heterocycles. The van der Waals surface area contributed by atoms with Crippen LogP contribution in [0.15, 0.2) is 109 Å². The molecule has 0 spiro atoms. The molecule has 7 aromatic heterocycles. The highest BCUT2D eigenvalue weighted by Gasteiger charge is 2.07. The Morgan fingerprint density at radius 1 is 0.547 bits per heavy atom. The molecule has 7 heterocycles. The standard InChI is InChI=1S/C11H12N2O.C11H12N2.2C10H11N3/c1-7(2)8-3-4-9-10(5-8)13-11(14)6-12-9;1-8(2)10-6-5-9-4-3-7-12-11(9)13-10;1-7(2)8-5-9-10(13-6-8)12-4-3-11-9;1-7(2)9-10-8(3-4-12-9)5-11-6-13-10/h3-7H,1-2H3,(H,13,14);3-8H,1-2H3;2*3-7H,1-2H3. The molecule has 1 aromatic carbocycles. The van der Waals surface area contributed by atoms with Gasteiger partial charge in [-0.15, -0.1) is 0 Å². The van der Waals surface area contributed by atoms with E-state index >= 15 is 0 Å². The van der Waals surface area contributed by atoms with Crippen molar-refractivity contribution in [1.82, 2.24) is 49.8 Å². The second kappa shape index (κ2) is 17.9. The average Bonchev–Trinajstić information content (AvgIpc) is 3.17. The number of H-pyrrole nitrogens is 1. The van der Waals surface area contributed by atoms with Crippen LogP contribution in [0.1, 0.15) is 102 Å². The summed E-state index contributed by atoms with van der Waals surface area (Å²) in [7, 11) is 0. The van der Waals surface area contributed by atoms with Crippen LogP contribution >= 0.6 is 0 Å². The van der Waals surface area contributed by atoms with Crippen molar-refractivity contribution < 1.29 is 0 Å². The molecule has 8 aromatic rings. The lowest BCUT2D eigenvalue weighted by Crippen LogP contribution is -2.05. The van der Waals surface area contributed by atoms with Gasteiger partial charge >= 0.3 is 0 Å². The first-order chi connectivity index (χ1) is 25.5. The average molecular weight is 707 g/mol. The van der Waals surface area contributed by atoms with Crippen molar-refractivity contribution in [2.75, 3.05) is 0 Å². The minimum Gasteiger partial charge on any atom is -0.319 e. The molecule has 1 N–H and O–H groups in total. The number of benzene rings is 1. The first-order valence-electron chi connectivity index (χ1n) is 17.8. The third-order valence-electron chi connectivity index (χ3n) is 8.35. The number of hydrogen-bond donors (Lipinski definition) is 1. The summed E-state index contributed by atoms with van der Waals surface area (Å²) in [6.45, 7) is 17.0. The normalized spacial score (nSPS) is 11.0. The molecule has 0 aliphatic heterocycles. The zero-order chi connectivity index (χ0) is 37.9. The summed E-state index contributed by atoms with van der Waals surface area (Å²) in [6.07, 6.45) is 13.5. The van der Waals surface area contributed by atoms with Crippen LogP contribution in [-0.2, 0) is 0 Å². The van der Waals surface area contributed by atoms with Crippen molar-refractivity contribution in [3.05, 3.63) is 137 Å². The van der Waals surface area contributed by atoms with Crippen molar-refractivity contribution >= 4 is 44.1 Å². The Morgan fingerprint density at radius 3 is 2.08 bits per heavy atom. The number of pyridine rings is 4. The van der Waals surface area contributed by atoms with Gasteiger partial charge in [0.15, 0.2) is 11.3 Å². The highest BCUT2D eigenvalue weighted by Crippen LogP contribution is 2.20. The van der Waals surface area contributed by atoms with Gasteiger partial charge in [-0.05, 0) is 83.3 Å². The largest absolute Gasteiger partial charge is 0.319 e. The second-order valence-electron chi connectivity index (χ2n) is 13.8. The fraction of sp³-hybridized carbons (Fsp3) is 0.286. The smallest absolute Gasteiger partial charge is 0.266 e. The lowest BCUT2D eigenvalue weighted by atomic mass is 10.0. The van der Waals surface area contributed by atoms with Gasteiger partial charge in [0, 0.05) is 53.6 Å². The van der Waals surface area contributed by atoms with E-state index in [0.717, 1.165) is 49.9 Å². The van der Waals surface area contributed by atoms with E-state index in [-0.39, 0.29) is 5.56 Å². The number of fused-ring (bicyclic) bond motifs is 4. The number of hydrogen-bond acceptors (Lipinski definition) is 10. The SMILES string of the molecule is CC(C)c1ccc2cccnc2n1.CC(C)c1ccc2ncc(=O)[nH]c2c1.CC(C)c1cnc2nccnc2c1.CC(C)c1nccc2cncnc12. The van der Waals surface area contributed by atoms with Gasteiger partial charge < -0.3 is 4.98 Å². The summed E-state index contributed by atoms with van der Waals surface area (Å²) in [5.74, 6) is 1.81. The molecule has 0 aliphatic rings. The van der Waals surface area contributed by atoms with Crippen LogP contribution in [0.25, 0.3) is 44.1 Å². The van der Waals surface area contributed by atoms with Crippen LogP contribution in [0, 0.1) is 0 Å². The molecule has 11 nitrogen and oxygen atoms in total. The first kappa shape index (κ1) is 38.1. The second-order valence-corrected chi connectivity index (χ2v) is 13.8. The maximum Gasteiger partial charge on any atom is 0.266 e. The Morgan fingerprint density at radius 2 is 1.32 bits per heavy atom. The van der Waals surface area contributed by atoms with E-state index in [1.807, 2.05) is 54.9 Å². The number of aromatic amines is 1. The van der Waals surface area contributed by atoms with Gasteiger partial charge in [0.1, 0.15) is 11.8 Å². The minimum absolute atomic E-state index is 0.154. The molecular formula is C42H46N10O. The number of nitrogens with one attached hydrogen (secondary N) is 1. The van der Waals surface area contributed by atoms with Gasteiger partial charge in [0.25, 0.3) is 5.56 Å². The maximum atomic E-state index is 11.0. The summed E-state index contributed by atoms with van der Waals surface area (Å²) in [4.78, 5) is 51.6. The van der Waals surface area contributed by atoms with Crippen LogP contribution in [0.3, 0.4) is 0 Å². The molecule has 0 aliphatic carbocycles. The van der Waals surface area contributed by atoms with Crippen molar-refractivity contribution in [3.8, 4) is 0 Å². The monoisotopic (exact) mass is 706 g/mol. The van der Waals surface area contributed by atoms with Crippen LogP contribution in [-0.4, -0.2) is 49.8 Å². The van der Waals surface area contributed by atoms with E-state index in [2.05, 4.69) is 117 Å². The summed E-state index contributed by atoms with van der Waals surface area (Å²) in [5, 5.41) is 2.16. The van der Waals surface area contributed by atoms with E-state index < -0.39 is 0 Å². The third kappa shape index (κ3) is 10.2. The van der Waals surface area contributed by atoms with E-state index in [4.69, 9.17) is 0 Å². The van der Waals surface area contributed by atoms with Crippen LogP contribution in [0.4, 0.5) is 0 Å². The molecule has 0 fully saturated rings. The van der Waals surface area contributed by atoms with E-state index in [1.54, 1.807) is 31.1 Å². The van der Waals surface area contributed by atoms with Crippen molar-refractivity contribution in [3.63, 3.8) is 0 Å². The molecule has 0 bridgehead atoms. The van der Waals surface area contributed by atoms with E-state index in [9.17, 15) is 4.79 Å². The molecule has 11 heteroatoms. The van der Waals surface area contributed by atoms with Crippen molar-refractivity contribution in [2.45, 2.75) is 79.1 Å². The molecule has 0 radical (unpaired) electrons. The quantitative estimate of drug-likeness (QED) is 0.188. The Kier molecular flexibility index (Phi) is 12.9. The predicted octanol–water partition coefficient (Wildman–Crippen LogP) is 9.10. The summed E-state index contributed by atoms with van der Waals surface area (Å²) in [5.41, 5.74) is 9.43. The van der Waals surface area contributed by atoms with Crippen LogP contribution in [0.2, 0.25) is 0 Å². The zero-order valence-electron chi connectivity index (χ0n) is 31.6. The molecule has 270 valence electrons. The summed E-state index contributed by atoms with van der Waals surface area (Å²) < 4.78 is 0. The minimum atomic E-state index is -0.154. The zero-order valence-corrected chi connectivity index (χ0v) is 31.6. The maximum absolute atomic E-state index is 11.0. The lowest BCUT2D eigenvalue weighted by Gasteiger charge is -2.06. The Hall–Kier alpha value is -6.10. The fourth-order valence-corrected chi connectivity index (χ4v) is 5.25. The molecule has 0 atom stereocenters. The summed E-state index contributed by atoms with van der Waals surface area (Å²) in [6, 6.07) is 18.0. The van der Waals surface area contributed by atoms with Gasteiger partial charge in [-0.2, -0.15) is 0 Å². The topological polar surface area (TPSA) is 149 Å². The molecule has 0 saturated carbocycles. The molecule has 0 unspecified atom stereocenters. The van der Waals surface area contributed by atoms with Crippen molar-refractivity contribution in [1.29, 1.82) is 0 Å². The Bertz CT molecular complexity index is 2380. The fourth-order valence-electron chi connectivity index (χ4n) is 5.25. The van der Waals surface area contributed by atoms with Gasteiger partial charge in [-0.1, -0.05) is 61.5 Å². The highest BCUT2D eigenvalue weighted by molar-refractivity contribution is 5.79. The highest BCUT2D eigenvalue weighted by atomic mass is 16.1. The molecule has 53 heavy (non-hydrogen) atoms. The third-order valence-corrected chi connectivity index (χ3v) is 8.35. The molecule has 8 rings (SSSR count). The molecular weight excluding hydrogens is 661 g/mol. The van der Waals surface area contributed by atoms with Crippen molar-refractivity contribution in [2.24, 2.45) is 0 Å². The van der Waals surface area contributed by atoms with E-state index in [0.29, 0.717) is 29.3 Å². The number of rotatable bonds is 4. The van der Waals surface area contributed by atoms with E-state index in [1.165, 1.54) is 17.3 Å². The predicted molar refractivity (Wildman–Crippen MR) is 213 cm³/mol.